The zero-order chi connectivity index (χ0) is 11.4. The molecule has 1 atom stereocenters. The number of halogens is 2. The van der Waals surface area contributed by atoms with E-state index >= 15 is 0 Å². The normalized spacial score (nSPS) is 12.1. The Bertz CT molecular complexity index is 388. The van der Waals surface area contributed by atoms with E-state index in [2.05, 4.69) is 6.58 Å². The first kappa shape index (κ1) is 11.4. The molecule has 0 spiro atoms. The maximum Gasteiger partial charge on any atom is 0.311 e. The smallest absolute Gasteiger partial charge is 0.311 e. The summed E-state index contributed by atoms with van der Waals surface area (Å²) in [6.45, 7) is 3.42. The van der Waals surface area contributed by atoms with Gasteiger partial charge >= 0.3 is 5.97 Å². The molecule has 0 amide bonds. The summed E-state index contributed by atoms with van der Waals surface area (Å²) < 4.78 is 25.5. The molecule has 1 aromatic rings. The molecule has 0 saturated heterocycles. The molecule has 0 aliphatic rings. The van der Waals surface area contributed by atoms with Gasteiger partial charge in [-0.1, -0.05) is 12.1 Å². The van der Waals surface area contributed by atoms with Crippen LogP contribution in [0.5, 0.6) is 0 Å². The van der Waals surface area contributed by atoms with Crippen molar-refractivity contribution in [2.24, 2.45) is 0 Å². The lowest BCUT2D eigenvalue weighted by Crippen LogP contribution is -2.11. The van der Waals surface area contributed by atoms with Crippen molar-refractivity contribution in [1.29, 1.82) is 0 Å². The quantitative estimate of drug-likeness (QED) is 0.779. The molecular formula is C11H10F2O2. The zero-order valence-electron chi connectivity index (χ0n) is 7.91. The summed E-state index contributed by atoms with van der Waals surface area (Å²) in [5, 5.41) is 8.85. The highest BCUT2D eigenvalue weighted by atomic mass is 19.2. The van der Waals surface area contributed by atoms with E-state index in [9.17, 15) is 13.6 Å². The van der Waals surface area contributed by atoms with Crippen LogP contribution in [0, 0.1) is 11.6 Å². The standard InChI is InChI=1S/C11H10F2O2/c1-2-3-8(11(14)15)7-4-5-9(12)10(13)6-7/h2,4-6,8H,1,3H2,(H,14,15)/t8-/m0/s1. The van der Waals surface area contributed by atoms with Gasteiger partial charge in [-0.05, 0) is 24.1 Å². The van der Waals surface area contributed by atoms with Crippen LogP contribution in [0.1, 0.15) is 17.9 Å². The van der Waals surface area contributed by atoms with Gasteiger partial charge in [-0.15, -0.1) is 6.58 Å². The maximum absolute atomic E-state index is 12.8. The van der Waals surface area contributed by atoms with Crippen LogP contribution >= 0.6 is 0 Å². The zero-order valence-corrected chi connectivity index (χ0v) is 7.91. The van der Waals surface area contributed by atoms with Gasteiger partial charge in [0, 0.05) is 0 Å². The van der Waals surface area contributed by atoms with Crippen LogP contribution < -0.4 is 0 Å². The first-order valence-electron chi connectivity index (χ1n) is 4.35. The summed E-state index contributed by atoms with van der Waals surface area (Å²) in [4.78, 5) is 10.8. The third-order valence-electron chi connectivity index (χ3n) is 2.05. The van der Waals surface area contributed by atoms with Crippen LogP contribution in [0.25, 0.3) is 0 Å². The highest BCUT2D eigenvalue weighted by molar-refractivity contribution is 5.76. The Morgan fingerprint density at radius 2 is 2.13 bits per heavy atom. The molecule has 0 bridgehead atoms. The monoisotopic (exact) mass is 212 g/mol. The molecule has 80 valence electrons. The van der Waals surface area contributed by atoms with Gasteiger partial charge in [-0.3, -0.25) is 4.79 Å². The van der Waals surface area contributed by atoms with Crippen molar-refractivity contribution in [1.82, 2.24) is 0 Å². The van der Waals surface area contributed by atoms with Gasteiger partial charge in [0.15, 0.2) is 11.6 Å². The highest BCUT2D eigenvalue weighted by Crippen LogP contribution is 2.22. The van der Waals surface area contributed by atoms with Crippen LogP contribution in [-0.4, -0.2) is 11.1 Å². The van der Waals surface area contributed by atoms with E-state index in [-0.39, 0.29) is 12.0 Å². The van der Waals surface area contributed by atoms with Crippen LogP contribution in [0.3, 0.4) is 0 Å². The average molecular weight is 212 g/mol. The van der Waals surface area contributed by atoms with E-state index in [4.69, 9.17) is 5.11 Å². The lowest BCUT2D eigenvalue weighted by molar-refractivity contribution is -0.138. The topological polar surface area (TPSA) is 37.3 Å². The number of benzene rings is 1. The number of rotatable bonds is 4. The number of hydrogen-bond acceptors (Lipinski definition) is 1. The summed E-state index contributed by atoms with van der Waals surface area (Å²) in [6.07, 6.45) is 1.61. The molecule has 15 heavy (non-hydrogen) atoms. The Balaban J connectivity index is 3.06. The summed E-state index contributed by atoms with van der Waals surface area (Å²) in [7, 11) is 0. The second-order valence-electron chi connectivity index (χ2n) is 3.09. The van der Waals surface area contributed by atoms with E-state index in [0.29, 0.717) is 0 Å². The Hall–Kier alpha value is -1.71. The second-order valence-corrected chi connectivity index (χ2v) is 3.09. The molecule has 0 radical (unpaired) electrons. The number of hydrogen-bond donors (Lipinski definition) is 1. The van der Waals surface area contributed by atoms with E-state index < -0.39 is 23.5 Å². The van der Waals surface area contributed by atoms with Crippen molar-refractivity contribution in [3.8, 4) is 0 Å². The van der Waals surface area contributed by atoms with Crippen molar-refractivity contribution < 1.29 is 18.7 Å². The fraction of sp³-hybridized carbons (Fsp3) is 0.182. The summed E-state index contributed by atoms with van der Waals surface area (Å²) in [5.74, 6) is -3.98. The maximum atomic E-state index is 12.8. The van der Waals surface area contributed by atoms with Gasteiger partial charge in [-0.25, -0.2) is 8.78 Å². The molecule has 0 aromatic heterocycles. The van der Waals surface area contributed by atoms with Crippen molar-refractivity contribution in [2.45, 2.75) is 12.3 Å². The van der Waals surface area contributed by atoms with Crippen LogP contribution in [0.15, 0.2) is 30.9 Å². The van der Waals surface area contributed by atoms with Gasteiger partial charge < -0.3 is 5.11 Å². The van der Waals surface area contributed by atoms with Crippen molar-refractivity contribution in [3.63, 3.8) is 0 Å². The van der Waals surface area contributed by atoms with Crippen LogP contribution in [0.4, 0.5) is 8.78 Å². The molecule has 4 heteroatoms. The number of carboxylic acid groups (broad SMARTS) is 1. The molecule has 0 unspecified atom stereocenters. The molecule has 0 saturated carbocycles. The minimum absolute atomic E-state index is 0.181. The van der Waals surface area contributed by atoms with Crippen molar-refractivity contribution >= 4 is 5.97 Å². The predicted molar refractivity (Wildman–Crippen MR) is 51.5 cm³/mol. The molecule has 1 rings (SSSR count). The van der Waals surface area contributed by atoms with Gasteiger partial charge in [0.25, 0.3) is 0 Å². The Kier molecular flexibility index (Phi) is 3.55. The van der Waals surface area contributed by atoms with Crippen molar-refractivity contribution in [3.05, 3.63) is 48.1 Å². The van der Waals surface area contributed by atoms with Gasteiger partial charge in [0.1, 0.15) is 0 Å². The summed E-state index contributed by atoms with van der Waals surface area (Å²) in [6, 6.07) is 3.09. The molecular weight excluding hydrogens is 202 g/mol. The van der Waals surface area contributed by atoms with E-state index in [0.717, 1.165) is 12.1 Å². The predicted octanol–water partition coefficient (Wildman–Crippen LogP) is 2.71. The Morgan fingerprint density at radius 1 is 1.47 bits per heavy atom. The van der Waals surface area contributed by atoms with E-state index in [1.54, 1.807) is 0 Å². The number of aliphatic carboxylic acids is 1. The lowest BCUT2D eigenvalue weighted by Gasteiger charge is -2.10. The van der Waals surface area contributed by atoms with Crippen LogP contribution in [0.2, 0.25) is 0 Å². The van der Waals surface area contributed by atoms with E-state index in [1.165, 1.54) is 12.1 Å². The molecule has 0 fully saturated rings. The minimum atomic E-state index is -1.08. The SMILES string of the molecule is C=CC[C@H](C(=O)O)c1ccc(F)c(F)c1. The van der Waals surface area contributed by atoms with Crippen LogP contribution in [-0.2, 0) is 4.79 Å². The molecule has 1 aromatic carbocycles. The molecule has 0 aliphatic carbocycles. The van der Waals surface area contributed by atoms with Gasteiger partial charge in [0.05, 0.1) is 5.92 Å². The first-order valence-corrected chi connectivity index (χ1v) is 4.35. The Morgan fingerprint density at radius 3 is 2.60 bits per heavy atom. The number of allylic oxidation sites excluding steroid dienone is 1. The lowest BCUT2D eigenvalue weighted by atomic mass is 9.96. The highest BCUT2D eigenvalue weighted by Gasteiger charge is 2.19. The molecule has 0 heterocycles. The molecule has 1 N–H and O–H groups in total. The fourth-order valence-corrected chi connectivity index (χ4v) is 1.28. The van der Waals surface area contributed by atoms with Gasteiger partial charge in [-0.2, -0.15) is 0 Å². The third kappa shape index (κ3) is 2.62. The average Bonchev–Trinajstić information content (AvgIpc) is 2.18. The largest absolute Gasteiger partial charge is 0.481 e. The first-order chi connectivity index (χ1) is 7.06. The second kappa shape index (κ2) is 4.68. The van der Waals surface area contributed by atoms with Gasteiger partial charge in [0.2, 0.25) is 0 Å². The summed E-state index contributed by atoms with van der Waals surface area (Å²) in [5.41, 5.74) is 0.237. The third-order valence-corrected chi connectivity index (χ3v) is 2.05. The number of carboxylic acids is 1. The molecule has 2 nitrogen and oxygen atoms in total. The Labute approximate surface area is 85.9 Å². The fourth-order valence-electron chi connectivity index (χ4n) is 1.28. The molecule has 0 aliphatic heterocycles. The summed E-state index contributed by atoms with van der Waals surface area (Å²) >= 11 is 0. The number of carbonyl (C=O) groups is 1. The van der Waals surface area contributed by atoms with E-state index in [1.807, 2.05) is 0 Å². The van der Waals surface area contributed by atoms with Crippen molar-refractivity contribution in [2.75, 3.05) is 0 Å². The minimum Gasteiger partial charge on any atom is -0.481 e.